The summed E-state index contributed by atoms with van der Waals surface area (Å²) in [6, 6.07) is 8.62. The SMILES string of the molecule is CC.CC1=CC2CC2(c2ccccc2C)N=C1. The van der Waals surface area contributed by atoms with Crippen LogP contribution in [0.25, 0.3) is 0 Å². The molecule has 1 aromatic carbocycles. The molecule has 0 saturated heterocycles. The zero-order valence-electron chi connectivity index (χ0n) is 11.2. The first-order valence-corrected chi connectivity index (χ1v) is 6.52. The van der Waals surface area contributed by atoms with Gasteiger partial charge in [0.05, 0.1) is 5.54 Å². The number of allylic oxidation sites excluding steroid dienone is 1. The fourth-order valence-electron chi connectivity index (χ4n) is 2.64. The molecule has 0 N–H and O–H groups in total. The number of hydrogen-bond acceptors (Lipinski definition) is 1. The van der Waals surface area contributed by atoms with E-state index in [0.29, 0.717) is 5.92 Å². The minimum absolute atomic E-state index is 0.102. The molecule has 1 heteroatoms. The van der Waals surface area contributed by atoms with Gasteiger partial charge in [-0.1, -0.05) is 44.2 Å². The quantitative estimate of drug-likeness (QED) is 0.679. The molecule has 0 aromatic heterocycles. The molecular weight excluding hydrogens is 206 g/mol. The van der Waals surface area contributed by atoms with Gasteiger partial charge in [-0.15, -0.1) is 0 Å². The van der Waals surface area contributed by atoms with Crippen molar-refractivity contribution in [2.45, 2.75) is 39.7 Å². The summed E-state index contributed by atoms with van der Waals surface area (Å²) in [5.74, 6) is 0.642. The van der Waals surface area contributed by atoms with Gasteiger partial charge < -0.3 is 0 Å². The number of hydrogen-bond donors (Lipinski definition) is 0. The van der Waals surface area contributed by atoms with Crippen LogP contribution in [0.5, 0.6) is 0 Å². The summed E-state index contributed by atoms with van der Waals surface area (Å²) in [6.45, 7) is 8.31. The molecule has 1 heterocycles. The van der Waals surface area contributed by atoms with Gasteiger partial charge in [0.2, 0.25) is 0 Å². The maximum absolute atomic E-state index is 4.75. The summed E-state index contributed by atoms with van der Waals surface area (Å²) in [4.78, 5) is 4.75. The van der Waals surface area contributed by atoms with Crippen molar-refractivity contribution in [3.05, 3.63) is 47.0 Å². The Morgan fingerprint density at radius 2 is 1.88 bits per heavy atom. The Labute approximate surface area is 104 Å². The predicted molar refractivity (Wildman–Crippen MR) is 74.6 cm³/mol. The lowest BCUT2D eigenvalue weighted by Crippen LogP contribution is -2.11. The summed E-state index contributed by atoms with van der Waals surface area (Å²) in [5, 5.41) is 0. The molecule has 1 nitrogen and oxygen atoms in total. The van der Waals surface area contributed by atoms with Crippen LogP contribution in [0, 0.1) is 12.8 Å². The Morgan fingerprint density at radius 3 is 2.53 bits per heavy atom. The molecule has 0 bridgehead atoms. The normalized spacial score (nSPS) is 28.7. The molecule has 17 heavy (non-hydrogen) atoms. The van der Waals surface area contributed by atoms with Crippen molar-refractivity contribution in [1.82, 2.24) is 0 Å². The summed E-state index contributed by atoms with van der Waals surface area (Å²) in [7, 11) is 0. The van der Waals surface area contributed by atoms with Gasteiger partial charge in [-0.25, -0.2) is 0 Å². The number of dihydropyridines is 1. The molecule has 0 radical (unpaired) electrons. The highest BCUT2D eigenvalue weighted by atomic mass is 15.0. The van der Waals surface area contributed by atoms with Gasteiger partial charge in [-0.3, -0.25) is 4.99 Å². The Morgan fingerprint density at radius 1 is 1.18 bits per heavy atom. The molecular formula is C16H21N. The number of nitrogens with zero attached hydrogens (tertiary/aromatic N) is 1. The molecule has 1 aliphatic carbocycles. The fourth-order valence-corrected chi connectivity index (χ4v) is 2.64. The summed E-state index contributed by atoms with van der Waals surface area (Å²) < 4.78 is 0. The largest absolute Gasteiger partial charge is 0.281 e. The molecule has 2 unspecified atom stereocenters. The molecule has 0 amide bonds. The average molecular weight is 227 g/mol. The van der Waals surface area contributed by atoms with E-state index in [-0.39, 0.29) is 5.54 Å². The first-order valence-electron chi connectivity index (χ1n) is 6.52. The van der Waals surface area contributed by atoms with Crippen molar-refractivity contribution in [3.63, 3.8) is 0 Å². The topological polar surface area (TPSA) is 12.4 Å². The molecule has 90 valence electrons. The van der Waals surface area contributed by atoms with Gasteiger partial charge in [0.25, 0.3) is 0 Å². The Kier molecular flexibility index (Phi) is 3.19. The van der Waals surface area contributed by atoms with E-state index < -0.39 is 0 Å². The highest BCUT2D eigenvalue weighted by molar-refractivity contribution is 5.80. The van der Waals surface area contributed by atoms with E-state index in [9.17, 15) is 0 Å². The van der Waals surface area contributed by atoms with Crippen molar-refractivity contribution < 1.29 is 0 Å². The highest BCUT2D eigenvalue weighted by Crippen LogP contribution is 2.58. The minimum atomic E-state index is 0.102. The highest BCUT2D eigenvalue weighted by Gasteiger charge is 2.55. The third-order valence-corrected chi connectivity index (χ3v) is 3.56. The van der Waals surface area contributed by atoms with Gasteiger partial charge in [0.15, 0.2) is 0 Å². The van der Waals surface area contributed by atoms with Crippen molar-refractivity contribution in [2.24, 2.45) is 10.9 Å². The van der Waals surface area contributed by atoms with Crippen LogP contribution in [0.4, 0.5) is 0 Å². The average Bonchev–Trinajstić information content (AvgIpc) is 3.06. The first kappa shape index (κ1) is 12.1. The molecule has 2 aliphatic rings. The smallest absolute Gasteiger partial charge is 0.0929 e. The fraction of sp³-hybridized carbons (Fsp3) is 0.438. The number of rotatable bonds is 1. The number of aryl methyl sites for hydroxylation is 1. The molecule has 1 saturated carbocycles. The van der Waals surface area contributed by atoms with Crippen molar-refractivity contribution in [1.29, 1.82) is 0 Å². The molecule has 0 spiro atoms. The number of benzene rings is 1. The van der Waals surface area contributed by atoms with Gasteiger partial charge in [0.1, 0.15) is 0 Å². The van der Waals surface area contributed by atoms with E-state index in [2.05, 4.69) is 44.2 Å². The van der Waals surface area contributed by atoms with Crippen LogP contribution in [0.3, 0.4) is 0 Å². The third kappa shape index (κ3) is 1.95. The maximum atomic E-state index is 4.75. The van der Waals surface area contributed by atoms with Gasteiger partial charge in [-0.2, -0.15) is 0 Å². The van der Waals surface area contributed by atoms with E-state index in [1.807, 2.05) is 20.1 Å². The second kappa shape index (κ2) is 4.48. The summed E-state index contributed by atoms with van der Waals surface area (Å²) in [6.07, 6.45) is 5.57. The van der Waals surface area contributed by atoms with Crippen molar-refractivity contribution >= 4 is 6.21 Å². The molecule has 1 fully saturated rings. The van der Waals surface area contributed by atoms with Gasteiger partial charge in [0, 0.05) is 12.1 Å². The lowest BCUT2D eigenvalue weighted by molar-refractivity contribution is 0.687. The summed E-state index contributed by atoms with van der Waals surface area (Å²) >= 11 is 0. The Bertz CT molecular complexity index is 470. The van der Waals surface area contributed by atoms with Crippen LogP contribution < -0.4 is 0 Å². The standard InChI is InChI=1S/C14H15N.C2H6/c1-10-7-12-8-14(12,15-9-10)13-6-4-3-5-11(13)2;1-2/h3-7,9,12H,8H2,1-2H3;1-2H3. The number of aliphatic imine (C=N–C) groups is 1. The maximum Gasteiger partial charge on any atom is 0.0929 e. The van der Waals surface area contributed by atoms with Crippen LogP contribution in [-0.2, 0) is 5.54 Å². The number of fused-ring (bicyclic) bond motifs is 1. The van der Waals surface area contributed by atoms with Gasteiger partial charge in [-0.05, 0) is 37.0 Å². The zero-order chi connectivity index (χ0) is 12.5. The van der Waals surface area contributed by atoms with Crippen LogP contribution in [0.15, 0.2) is 40.9 Å². The molecule has 1 aliphatic heterocycles. The van der Waals surface area contributed by atoms with Crippen molar-refractivity contribution in [2.75, 3.05) is 0 Å². The van der Waals surface area contributed by atoms with E-state index in [4.69, 9.17) is 4.99 Å². The van der Waals surface area contributed by atoms with Crippen molar-refractivity contribution in [3.8, 4) is 0 Å². The molecule has 3 rings (SSSR count). The Balaban J connectivity index is 0.000000514. The lowest BCUT2D eigenvalue weighted by atomic mass is 9.96. The van der Waals surface area contributed by atoms with Crippen LogP contribution in [0.2, 0.25) is 0 Å². The van der Waals surface area contributed by atoms with E-state index in [1.165, 1.54) is 23.1 Å². The van der Waals surface area contributed by atoms with Crippen LogP contribution >= 0.6 is 0 Å². The molecule has 2 atom stereocenters. The second-order valence-corrected chi connectivity index (χ2v) is 4.72. The summed E-state index contributed by atoms with van der Waals surface area (Å²) in [5.41, 5.74) is 4.19. The second-order valence-electron chi connectivity index (χ2n) is 4.72. The first-order chi connectivity index (χ1) is 8.22. The van der Waals surface area contributed by atoms with E-state index in [0.717, 1.165) is 0 Å². The molecule has 1 aromatic rings. The lowest BCUT2D eigenvalue weighted by Gasteiger charge is -2.17. The zero-order valence-corrected chi connectivity index (χ0v) is 11.2. The van der Waals surface area contributed by atoms with E-state index in [1.54, 1.807) is 0 Å². The van der Waals surface area contributed by atoms with E-state index >= 15 is 0 Å². The predicted octanol–water partition coefficient (Wildman–Crippen LogP) is 4.27. The Hall–Kier alpha value is -1.37. The monoisotopic (exact) mass is 227 g/mol. The third-order valence-electron chi connectivity index (χ3n) is 3.56. The van der Waals surface area contributed by atoms with Gasteiger partial charge >= 0.3 is 0 Å². The van der Waals surface area contributed by atoms with Crippen LogP contribution in [-0.4, -0.2) is 6.21 Å². The minimum Gasteiger partial charge on any atom is -0.281 e. The van der Waals surface area contributed by atoms with Crippen LogP contribution in [0.1, 0.15) is 38.3 Å².